The zero-order chi connectivity index (χ0) is 32.8. The zero-order valence-corrected chi connectivity index (χ0v) is 26.8. The van der Waals surface area contributed by atoms with Crippen molar-refractivity contribution in [2.75, 3.05) is 11.5 Å². The Morgan fingerprint density at radius 3 is 2.40 bits per heavy atom. The van der Waals surface area contributed by atoms with Crippen molar-refractivity contribution in [3.05, 3.63) is 29.3 Å². The largest absolute Gasteiger partial charge is 0.386 e. The number of fused-ring (bicyclic) bond motifs is 2. The summed E-state index contributed by atoms with van der Waals surface area (Å²) in [7, 11) is 0. The Labute approximate surface area is 270 Å². The van der Waals surface area contributed by atoms with Gasteiger partial charge in [-0.05, 0) is 11.8 Å². The molecule has 4 aromatic heterocycles. The molecule has 5 fully saturated rings. The van der Waals surface area contributed by atoms with E-state index in [0.29, 0.717) is 0 Å². The third-order valence-electron chi connectivity index (χ3n) is 8.99. The van der Waals surface area contributed by atoms with Gasteiger partial charge in [0.25, 0.3) is 5.56 Å². The van der Waals surface area contributed by atoms with Crippen molar-refractivity contribution >= 4 is 71.7 Å². The molecule has 7 N–H and O–H groups in total. The van der Waals surface area contributed by atoms with Crippen LogP contribution in [-0.2, 0) is 43.9 Å². The Kier molecular flexibility index (Phi) is 6.30. The van der Waals surface area contributed by atoms with Crippen LogP contribution in [-0.4, -0.2) is 96.9 Å². The summed E-state index contributed by atoms with van der Waals surface area (Å²) in [5, 5.41) is 11.5. The van der Waals surface area contributed by atoms with Gasteiger partial charge in [0.15, 0.2) is 41.3 Å². The summed E-state index contributed by atoms with van der Waals surface area (Å²) in [4.78, 5) is 46.3. The number of aliphatic hydroxyl groups is 1. The smallest absolute Gasteiger partial charge is 0.386 e. The molecule has 3 saturated heterocycles. The Balaban J connectivity index is 1.06. The first-order valence-corrected chi connectivity index (χ1v) is 19.2. The van der Waals surface area contributed by atoms with E-state index in [1.807, 2.05) is 0 Å². The number of nitrogen functional groups attached to an aromatic ring is 2. The molecule has 3 aliphatic heterocycles. The van der Waals surface area contributed by atoms with E-state index >= 15 is 4.39 Å². The van der Waals surface area contributed by atoms with E-state index in [9.17, 15) is 19.4 Å². The highest BCUT2D eigenvalue weighted by Gasteiger charge is 2.77. The first-order valence-electron chi connectivity index (χ1n) is 13.9. The number of thiol groups is 1. The van der Waals surface area contributed by atoms with Crippen LogP contribution in [0, 0.1) is 0 Å². The van der Waals surface area contributed by atoms with Crippen molar-refractivity contribution in [1.29, 1.82) is 0 Å². The predicted octanol–water partition coefficient (Wildman–Crippen LogP) is -0.0254. The quantitative estimate of drug-likeness (QED) is 0.117. The molecule has 0 bridgehead atoms. The second-order valence-corrected chi connectivity index (χ2v) is 17.4. The van der Waals surface area contributed by atoms with E-state index in [4.69, 9.17) is 50.8 Å². The monoisotopic (exact) mass is 732 g/mol. The lowest BCUT2D eigenvalue weighted by atomic mass is 10.1. The van der Waals surface area contributed by atoms with E-state index in [1.54, 1.807) is 0 Å². The number of alkyl halides is 1. The van der Waals surface area contributed by atoms with Gasteiger partial charge in [0.05, 0.1) is 12.7 Å². The number of ether oxygens (including phenoxy) is 2. The van der Waals surface area contributed by atoms with E-state index in [-0.39, 0.29) is 46.9 Å². The number of hydrogen-bond acceptors (Lipinski definition) is 17. The second kappa shape index (κ2) is 9.73. The average Bonchev–Trinajstić information content (AvgIpc) is 3.53. The SMILES string of the molecule is Nc1nc2c(ncn2[C@@H]2OC34C[C@H]3OP(=O)(S)O[C@H]3[C@@H](F)[C@H](n5cnc6c(N)ncnc65)OC35C[C@@H]5OP(O)(=S)O[C@H]4[C@H]2O)c(=O)[nH]1. The first kappa shape index (κ1) is 30.4. The highest BCUT2D eigenvalue weighted by molar-refractivity contribution is 8.44. The van der Waals surface area contributed by atoms with Crippen molar-refractivity contribution in [3.8, 4) is 0 Å². The molecular formula is C22H23FN10O10P2S2. The van der Waals surface area contributed by atoms with Gasteiger partial charge in [0.1, 0.15) is 53.6 Å². The fraction of sp³-hybridized carbons (Fsp3) is 0.545. The van der Waals surface area contributed by atoms with Crippen molar-refractivity contribution in [1.82, 2.24) is 39.0 Å². The number of aromatic nitrogens is 8. The highest BCUT2D eigenvalue weighted by atomic mass is 32.7. The average molecular weight is 733 g/mol. The predicted molar refractivity (Wildman–Crippen MR) is 161 cm³/mol. The Morgan fingerprint density at radius 1 is 0.979 bits per heavy atom. The molecule has 12 atom stereocenters. The fourth-order valence-corrected chi connectivity index (χ4v) is 10.4. The van der Waals surface area contributed by atoms with Gasteiger partial charge in [0.2, 0.25) is 5.95 Å². The van der Waals surface area contributed by atoms with Crippen LogP contribution in [0.3, 0.4) is 0 Å². The van der Waals surface area contributed by atoms with Crippen LogP contribution >= 0.6 is 25.8 Å². The summed E-state index contributed by atoms with van der Waals surface area (Å²) in [5.41, 5.74) is 8.07. The summed E-state index contributed by atoms with van der Waals surface area (Å²) in [6, 6.07) is 0. The third-order valence-corrected chi connectivity index (χ3v) is 12.1. The molecule has 0 amide bonds. The minimum absolute atomic E-state index is 0.0155. The van der Waals surface area contributed by atoms with Crippen LogP contribution in [0.2, 0.25) is 0 Å². The van der Waals surface area contributed by atoms with E-state index in [0.717, 1.165) is 0 Å². The Morgan fingerprint density at radius 2 is 1.64 bits per heavy atom. The number of aromatic amines is 1. The van der Waals surface area contributed by atoms with E-state index < -0.39 is 79.4 Å². The molecule has 7 heterocycles. The molecule has 4 aromatic rings. The molecule has 25 heteroatoms. The maximum Gasteiger partial charge on any atom is 0.386 e. The number of nitrogens with two attached hydrogens (primary N) is 2. The summed E-state index contributed by atoms with van der Waals surface area (Å²) < 4.78 is 68.3. The van der Waals surface area contributed by atoms with E-state index in [2.05, 4.69) is 42.2 Å². The highest BCUT2D eigenvalue weighted by Crippen LogP contribution is 2.71. The number of H-pyrrole nitrogens is 1. The lowest BCUT2D eigenvalue weighted by Gasteiger charge is -2.29. The molecule has 0 aromatic carbocycles. The molecule has 2 saturated carbocycles. The number of halogens is 1. The van der Waals surface area contributed by atoms with Gasteiger partial charge in [-0.2, -0.15) is 4.98 Å². The van der Waals surface area contributed by atoms with Crippen molar-refractivity contribution in [2.24, 2.45) is 0 Å². The number of rotatable bonds is 2. The van der Waals surface area contributed by atoms with Crippen LogP contribution in [0.5, 0.6) is 0 Å². The normalized spacial score (nSPS) is 44.3. The summed E-state index contributed by atoms with van der Waals surface area (Å²) in [6.07, 6.45) is -8.01. The van der Waals surface area contributed by atoms with Gasteiger partial charge in [0, 0.05) is 12.8 Å². The Bertz CT molecular complexity index is 2160. The van der Waals surface area contributed by atoms with Gasteiger partial charge in [-0.15, -0.1) is 0 Å². The molecule has 47 heavy (non-hydrogen) atoms. The first-order chi connectivity index (χ1) is 22.2. The molecule has 2 aliphatic carbocycles. The topological polar surface area (TPSA) is 272 Å². The molecular weight excluding hydrogens is 709 g/mol. The van der Waals surface area contributed by atoms with Gasteiger partial charge < -0.3 is 35.5 Å². The van der Waals surface area contributed by atoms with Crippen LogP contribution in [0.25, 0.3) is 22.3 Å². The third kappa shape index (κ3) is 4.43. The number of anilines is 2. The number of hydrogen-bond donors (Lipinski definition) is 6. The molecule has 0 radical (unpaired) electrons. The number of imidazole rings is 2. The van der Waals surface area contributed by atoms with Crippen molar-refractivity contribution in [3.63, 3.8) is 0 Å². The summed E-state index contributed by atoms with van der Waals surface area (Å²) in [6.45, 7) is -8.67. The lowest BCUT2D eigenvalue weighted by Crippen LogP contribution is -2.39. The van der Waals surface area contributed by atoms with Gasteiger partial charge in [-0.1, -0.05) is 12.2 Å². The number of nitrogens with one attached hydrogen (secondary N) is 1. The molecule has 20 nitrogen and oxygen atoms in total. The van der Waals surface area contributed by atoms with Crippen molar-refractivity contribution < 1.29 is 46.5 Å². The molecule has 250 valence electrons. The molecule has 4 unspecified atom stereocenters. The number of aliphatic hydroxyl groups excluding tert-OH is 1. The standard InChI is InChI=1S/C22H23FN10O10P2S2/c23-8-12-21(38-18(8)32-4-28-9-14(24)26-3-27-15(9)32)1-6(21)40-45(37,47)43-13-11(34)19(39-22(13)2-7(22)41-44(36,46)42-12)33-5-29-10-16(33)30-20(25)31-17(10)35/h3-8,11-13,18-19,34H,1-2H2,(H,36,46)(H,37,47)(H2,24,26,27)(H3,25,30,31,35)/t6-,7+,8+,11+,12-,13-,18+,19+,21?,22?,44?,45?/m0/s1. The van der Waals surface area contributed by atoms with E-state index in [1.165, 1.54) is 28.1 Å². The molecule has 2 spiro atoms. The van der Waals surface area contributed by atoms with Gasteiger partial charge in [-0.25, -0.2) is 28.9 Å². The maximum absolute atomic E-state index is 16.4. The Hall–Kier alpha value is -2.66. The maximum atomic E-state index is 16.4. The van der Waals surface area contributed by atoms with Gasteiger partial charge in [-0.3, -0.25) is 32.5 Å². The second-order valence-electron chi connectivity index (χ2n) is 11.8. The fourth-order valence-electron chi connectivity index (χ4n) is 6.71. The van der Waals surface area contributed by atoms with Gasteiger partial charge >= 0.3 is 13.5 Å². The van der Waals surface area contributed by atoms with Crippen molar-refractivity contribution in [2.45, 2.75) is 73.2 Å². The van der Waals surface area contributed by atoms with Crippen LogP contribution in [0.4, 0.5) is 16.2 Å². The molecule has 5 aliphatic rings. The lowest BCUT2D eigenvalue weighted by molar-refractivity contribution is -0.0696. The zero-order valence-electron chi connectivity index (χ0n) is 23.3. The van der Waals surface area contributed by atoms with Crippen LogP contribution < -0.4 is 17.0 Å². The van der Waals surface area contributed by atoms with Crippen LogP contribution in [0.1, 0.15) is 25.3 Å². The summed E-state index contributed by atoms with van der Waals surface area (Å²) in [5.74, 6) is -0.149. The molecule has 9 rings (SSSR count). The summed E-state index contributed by atoms with van der Waals surface area (Å²) >= 11 is 9.51. The number of nitrogens with zero attached hydrogens (tertiary/aromatic N) is 7. The van der Waals surface area contributed by atoms with Crippen LogP contribution in [0.15, 0.2) is 23.8 Å². The minimum atomic E-state index is -4.42. The minimum Gasteiger partial charge on any atom is -0.386 e.